The summed E-state index contributed by atoms with van der Waals surface area (Å²) in [6, 6.07) is 7.14. The number of fused-ring (bicyclic) bond motifs is 1. The number of amides is 1. The van der Waals surface area contributed by atoms with Gasteiger partial charge in [-0.05, 0) is 49.2 Å². The second-order valence-corrected chi connectivity index (χ2v) is 11.1. The molecular formula is C20H21ClN2O4S2. The van der Waals surface area contributed by atoms with E-state index < -0.39 is 10.0 Å². The van der Waals surface area contributed by atoms with Crippen LogP contribution in [0.4, 0.5) is 0 Å². The van der Waals surface area contributed by atoms with Gasteiger partial charge in [0.1, 0.15) is 9.79 Å². The summed E-state index contributed by atoms with van der Waals surface area (Å²) in [6.07, 6.45) is 1.88. The van der Waals surface area contributed by atoms with Gasteiger partial charge in [-0.15, -0.1) is 11.3 Å². The molecule has 0 spiro atoms. The summed E-state index contributed by atoms with van der Waals surface area (Å²) in [5, 5.41) is 0.956. The van der Waals surface area contributed by atoms with E-state index in [1.807, 2.05) is 26.0 Å². The van der Waals surface area contributed by atoms with Crippen molar-refractivity contribution in [3.63, 3.8) is 0 Å². The lowest BCUT2D eigenvalue weighted by molar-refractivity contribution is -0.131. The van der Waals surface area contributed by atoms with E-state index in [1.165, 1.54) is 10.4 Å². The first kappa shape index (κ1) is 20.4. The number of piperazine rings is 1. The van der Waals surface area contributed by atoms with Gasteiger partial charge in [-0.2, -0.15) is 4.31 Å². The van der Waals surface area contributed by atoms with E-state index in [0.717, 1.165) is 39.0 Å². The number of hydrogen-bond donors (Lipinski definition) is 0. The van der Waals surface area contributed by atoms with E-state index in [0.29, 0.717) is 17.4 Å². The van der Waals surface area contributed by atoms with Crippen LogP contribution in [-0.2, 0) is 21.2 Å². The molecule has 1 amide bonds. The Morgan fingerprint density at radius 2 is 1.83 bits per heavy atom. The van der Waals surface area contributed by atoms with Crippen molar-refractivity contribution in [1.82, 2.24) is 9.21 Å². The number of furan rings is 1. The second-order valence-electron chi connectivity index (χ2n) is 7.21. The average molecular weight is 453 g/mol. The first-order chi connectivity index (χ1) is 13.8. The molecule has 1 saturated heterocycles. The third kappa shape index (κ3) is 3.94. The molecule has 1 aliphatic rings. The molecule has 0 aliphatic carbocycles. The molecule has 0 atom stereocenters. The Morgan fingerprint density at radius 1 is 1.14 bits per heavy atom. The zero-order valence-corrected chi connectivity index (χ0v) is 18.5. The minimum absolute atomic E-state index is 0.0258. The van der Waals surface area contributed by atoms with Crippen LogP contribution >= 0.6 is 22.9 Å². The van der Waals surface area contributed by atoms with Crippen molar-refractivity contribution in [2.45, 2.75) is 24.5 Å². The number of aryl methyl sites for hydroxylation is 2. The Balaban J connectivity index is 1.43. The summed E-state index contributed by atoms with van der Waals surface area (Å²) in [6.45, 7) is 5.34. The predicted molar refractivity (Wildman–Crippen MR) is 114 cm³/mol. The van der Waals surface area contributed by atoms with Crippen LogP contribution in [0.3, 0.4) is 0 Å². The number of carbonyl (C=O) groups excluding carboxylic acids is 1. The van der Waals surface area contributed by atoms with Gasteiger partial charge in [0.2, 0.25) is 5.91 Å². The van der Waals surface area contributed by atoms with E-state index in [9.17, 15) is 13.2 Å². The maximum Gasteiger partial charge on any atom is 0.252 e. The Kier molecular flexibility index (Phi) is 5.46. The van der Waals surface area contributed by atoms with Gasteiger partial charge in [-0.25, -0.2) is 8.42 Å². The van der Waals surface area contributed by atoms with Crippen LogP contribution in [0.2, 0.25) is 4.34 Å². The fraction of sp³-hybridized carbons (Fsp3) is 0.350. The second kappa shape index (κ2) is 7.75. The fourth-order valence-corrected chi connectivity index (χ4v) is 6.55. The Bertz CT molecular complexity index is 1170. The molecule has 9 heteroatoms. The van der Waals surface area contributed by atoms with Crippen LogP contribution in [0.1, 0.15) is 16.7 Å². The van der Waals surface area contributed by atoms with Crippen molar-refractivity contribution in [1.29, 1.82) is 0 Å². The molecule has 29 heavy (non-hydrogen) atoms. The van der Waals surface area contributed by atoms with Crippen LogP contribution in [0.15, 0.2) is 39.2 Å². The fourth-order valence-electron chi connectivity index (χ4n) is 3.49. The monoisotopic (exact) mass is 452 g/mol. The highest BCUT2D eigenvalue weighted by Gasteiger charge is 2.31. The third-order valence-electron chi connectivity index (χ3n) is 5.35. The van der Waals surface area contributed by atoms with Gasteiger partial charge in [-0.1, -0.05) is 11.6 Å². The maximum absolute atomic E-state index is 12.8. The molecule has 1 fully saturated rings. The summed E-state index contributed by atoms with van der Waals surface area (Å²) in [5.74, 6) is -0.0258. The topological polar surface area (TPSA) is 70.8 Å². The molecule has 0 unspecified atom stereocenters. The molecule has 0 bridgehead atoms. The molecular weight excluding hydrogens is 432 g/mol. The van der Waals surface area contributed by atoms with E-state index in [4.69, 9.17) is 16.0 Å². The first-order valence-corrected chi connectivity index (χ1v) is 11.9. The average Bonchev–Trinajstić information content (AvgIpc) is 3.29. The number of hydrogen-bond acceptors (Lipinski definition) is 5. The molecule has 3 heterocycles. The molecule has 0 radical (unpaired) electrons. The SMILES string of the molecule is Cc1cc2occ(CC(=O)N3CCN(S(=O)(=O)c4ccc(Cl)s4)CC3)c2cc1C. The van der Waals surface area contributed by atoms with E-state index in [1.54, 1.807) is 17.2 Å². The highest BCUT2D eigenvalue weighted by Crippen LogP contribution is 2.29. The normalized spacial score (nSPS) is 15.9. The van der Waals surface area contributed by atoms with Gasteiger partial charge in [-0.3, -0.25) is 4.79 Å². The molecule has 4 rings (SSSR count). The van der Waals surface area contributed by atoms with Crippen LogP contribution in [0.5, 0.6) is 0 Å². The van der Waals surface area contributed by atoms with Gasteiger partial charge in [0.25, 0.3) is 10.0 Å². The van der Waals surface area contributed by atoms with Crippen molar-refractivity contribution in [3.8, 4) is 0 Å². The summed E-state index contributed by atoms with van der Waals surface area (Å²) >= 11 is 6.92. The maximum atomic E-state index is 12.8. The first-order valence-electron chi connectivity index (χ1n) is 9.26. The van der Waals surface area contributed by atoms with E-state index in [-0.39, 0.29) is 29.6 Å². The molecule has 1 aliphatic heterocycles. The zero-order valence-electron chi connectivity index (χ0n) is 16.1. The summed E-state index contributed by atoms with van der Waals surface area (Å²) < 4.78 is 33.1. The molecule has 1 aromatic carbocycles. The van der Waals surface area contributed by atoms with Crippen molar-refractivity contribution in [2.24, 2.45) is 0 Å². The minimum Gasteiger partial charge on any atom is -0.464 e. The van der Waals surface area contributed by atoms with Crippen LogP contribution < -0.4 is 0 Å². The number of nitrogens with zero attached hydrogens (tertiary/aromatic N) is 2. The number of benzene rings is 1. The smallest absolute Gasteiger partial charge is 0.252 e. The Hall–Kier alpha value is -1.87. The van der Waals surface area contributed by atoms with Crippen LogP contribution in [-0.4, -0.2) is 49.7 Å². The molecule has 6 nitrogen and oxygen atoms in total. The zero-order chi connectivity index (χ0) is 20.8. The van der Waals surface area contributed by atoms with Crippen molar-refractivity contribution in [2.75, 3.05) is 26.2 Å². The van der Waals surface area contributed by atoms with Gasteiger partial charge in [0, 0.05) is 37.1 Å². The Morgan fingerprint density at radius 3 is 2.48 bits per heavy atom. The van der Waals surface area contributed by atoms with E-state index in [2.05, 4.69) is 0 Å². The lowest BCUT2D eigenvalue weighted by Gasteiger charge is -2.33. The number of halogens is 1. The van der Waals surface area contributed by atoms with Crippen molar-refractivity contribution in [3.05, 3.63) is 51.6 Å². The highest BCUT2D eigenvalue weighted by atomic mass is 35.5. The molecule has 2 aromatic heterocycles. The number of sulfonamides is 1. The van der Waals surface area contributed by atoms with Gasteiger partial charge >= 0.3 is 0 Å². The standard InChI is InChI=1S/C20H21ClN2O4S2/c1-13-9-16-15(12-27-17(16)10-14(13)2)11-19(24)22-5-7-23(8-6-22)29(25,26)20-4-3-18(21)28-20/h3-4,9-10,12H,5-8,11H2,1-2H3. The van der Waals surface area contributed by atoms with Gasteiger partial charge < -0.3 is 9.32 Å². The highest BCUT2D eigenvalue weighted by molar-refractivity contribution is 7.91. The number of thiophene rings is 1. The van der Waals surface area contributed by atoms with Crippen molar-refractivity contribution >= 4 is 49.8 Å². The number of rotatable bonds is 4. The van der Waals surface area contributed by atoms with Crippen molar-refractivity contribution < 1.29 is 17.6 Å². The predicted octanol–water partition coefficient (Wildman–Crippen LogP) is 3.84. The van der Waals surface area contributed by atoms with Gasteiger partial charge in [0.05, 0.1) is 17.0 Å². The lowest BCUT2D eigenvalue weighted by Crippen LogP contribution is -2.50. The molecule has 0 N–H and O–H groups in total. The summed E-state index contributed by atoms with van der Waals surface area (Å²) in [5.41, 5.74) is 3.94. The summed E-state index contributed by atoms with van der Waals surface area (Å²) in [4.78, 5) is 14.5. The van der Waals surface area contributed by atoms with E-state index >= 15 is 0 Å². The van der Waals surface area contributed by atoms with Crippen LogP contribution in [0, 0.1) is 13.8 Å². The van der Waals surface area contributed by atoms with Crippen LogP contribution in [0.25, 0.3) is 11.0 Å². The molecule has 0 saturated carbocycles. The minimum atomic E-state index is -3.56. The van der Waals surface area contributed by atoms with Gasteiger partial charge in [0.15, 0.2) is 0 Å². The Labute approximate surface area is 178 Å². The largest absolute Gasteiger partial charge is 0.464 e. The number of carbonyl (C=O) groups is 1. The quantitative estimate of drug-likeness (QED) is 0.603. The molecule has 3 aromatic rings. The summed E-state index contributed by atoms with van der Waals surface area (Å²) in [7, 11) is -3.56. The molecule has 154 valence electrons. The lowest BCUT2D eigenvalue weighted by atomic mass is 10.0. The third-order valence-corrected chi connectivity index (χ3v) is 8.94.